The van der Waals surface area contributed by atoms with Gasteiger partial charge in [-0.25, -0.2) is 9.53 Å². The second-order valence-corrected chi connectivity index (χ2v) is 6.99. The minimum Gasteiger partial charge on any atom is -0.622 e. The molecule has 0 radical (unpaired) electrons. The lowest BCUT2D eigenvalue weighted by atomic mass is 9.73. The zero-order chi connectivity index (χ0) is 15.7. The van der Waals surface area contributed by atoms with Gasteiger partial charge in [-0.2, -0.15) is 4.74 Å². The minimum absolute atomic E-state index is 0.188. The Morgan fingerprint density at radius 3 is 2.91 bits per heavy atom. The Kier molecular flexibility index (Phi) is 2.73. The van der Waals surface area contributed by atoms with E-state index in [0.717, 1.165) is 37.1 Å². The maximum absolute atomic E-state index is 13.3. The normalized spacial score (nSPS) is 40.1. The van der Waals surface area contributed by atoms with Gasteiger partial charge in [0.15, 0.2) is 5.69 Å². The van der Waals surface area contributed by atoms with E-state index in [-0.39, 0.29) is 5.92 Å². The number of hydroxylamine groups is 1. The van der Waals surface area contributed by atoms with Crippen LogP contribution in [-0.2, 0) is 16.8 Å². The quantitative estimate of drug-likeness (QED) is 0.574. The Labute approximate surface area is 133 Å². The molecule has 1 N–H and O–H groups in total. The van der Waals surface area contributed by atoms with E-state index in [1.807, 2.05) is 0 Å². The van der Waals surface area contributed by atoms with E-state index in [4.69, 9.17) is 9.37 Å². The molecule has 1 aromatic rings. The summed E-state index contributed by atoms with van der Waals surface area (Å²) in [6.07, 6.45) is 3.62. The summed E-state index contributed by atoms with van der Waals surface area (Å²) in [6, 6.07) is 0. The molecule has 8 nitrogen and oxygen atoms in total. The fraction of sp³-hybridized carbons (Fsp3) is 0.800. The summed E-state index contributed by atoms with van der Waals surface area (Å²) in [7, 11) is 0. The maximum atomic E-state index is 13.3. The number of aliphatic hydroxyl groups is 1. The van der Waals surface area contributed by atoms with Crippen molar-refractivity contribution in [1.82, 2.24) is 15.2 Å². The zero-order valence-corrected chi connectivity index (χ0v) is 12.9. The highest BCUT2D eigenvalue weighted by Crippen LogP contribution is 2.56. The molecule has 3 atom stereocenters. The van der Waals surface area contributed by atoms with E-state index in [1.54, 1.807) is 0 Å². The fourth-order valence-corrected chi connectivity index (χ4v) is 5.30. The van der Waals surface area contributed by atoms with Crippen molar-refractivity contribution < 1.29 is 19.2 Å². The third-order valence-corrected chi connectivity index (χ3v) is 6.21. The van der Waals surface area contributed by atoms with Crippen molar-refractivity contribution in [3.63, 3.8) is 0 Å². The van der Waals surface area contributed by atoms with Gasteiger partial charge in [0.05, 0.1) is 19.1 Å². The van der Waals surface area contributed by atoms with Crippen molar-refractivity contribution >= 4 is 5.71 Å². The van der Waals surface area contributed by atoms with Gasteiger partial charge >= 0.3 is 0 Å². The van der Waals surface area contributed by atoms with Gasteiger partial charge in [-0.1, -0.05) is 10.3 Å². The lowest BCUT2D eigenvalue weighted by Crippen LogP contribution is -2.60. The van der Waals surface area contributed by atoms with Crippen LogP contribution in [0, 0.1) is 11.1 Å². The highest BCUT2D eigenvalue weighted by Gasteiger charge is 2.73. The first-order valence-electron chi connectivity index (χ1n) is 8.40. The van der Waals surface area contributed by atoms with E-state index < -0.39 is 11.3 Å². The molecule has 1 aromatic heterocycles. The first-order valence-corrected chi connectivity index (χ1v) is 8.40. The van der Waals surface area contributed by atoms with E-state index in [2.05, 4.69) is 15.2 Å². The van der Waals surface area contributed by atoms with Gasteiger partial charge < -0.3 is 15.1 Å². The van der Waals surface area contributed by atoms with Gasteiger partial charge in [0.2, 0.25) is 17.0 Å². The van der Waals surface area contributed by atoms with Crippen LogP contribution in [0.2, 0.25) is 0 Å². The predicted molar refractivity (Wildman–Crippen MR) is 77.6 cm³/mol. The van der Waals surface area contributed by atoms with Crippen LogP contribution in [0.1, 0.15) is 37.1 Å². The third kappa shape index (κ3) is 1.49. The van der Waals surface area contributed by atoms with Gasteiger partial charge in [0, 0.05) is 32.4 Å². The van der Waals surface area contributed by atoms with Crippen LogP contribution in [0.25, 0.3) is 0 Å². The van der Waals surface area contributed by atoms with Crippen LogP contribution in [-0.4, -0.2) is 62.7 Å². The van der Waals surface area contributed by atoms with Gasteiger partial charge in [-0.15, -0.1) is 0 Å². The van der Waals surface area contributed by atoms with E-state index in [1.165, 1.54) is 0 Å². The van der Waals surface area contributed by atoms with Gasteiger partial charge in [-0.3, -0.25) is 0 Å². The average Bonchev–Trinajstić information content (AvgIpc) is 3.26. The van der Waals surface area contributed by atoms with Gasteiger partial charge in [-0.05, 0) is 12.8 Å². The molecule has 0 amide bonds. The van der Waals surface area contributed by atoms with Gasteiger partial charge in [0.25, 0.3) is 0 Å². The number of rotatable bonds is 1. The molecule has 0 aromatic carbocycles. The number of ether oxygens (including phenoxy) is 1. The lowest BCUT2D eigenvalue weighted by Gasteiger charge is -2.42. The Balaban J connectivity index is 1.69. The molecule has 1 saturated carbocycles. The number of aryl methyl sites for hydroxylation is 1. The molecule has 3 heterocycles. The standard InChI is InChI=1S/C15H20N4O4/c20-15-11-2-1-5-14(11,18-6-8-22-9-7-18)19(21)12(15)4-3-10-13(15)17-23-16-10/h11,20H,1-9H2/t11-,14+,15-/m0/s1. The minimum atomic E-state index is -1.33. The van der Waals surface area contributed by atoms with Crippen molar-refractivity contribution in [2.24, 2.45) is 5.92 Å². The van der Waals surface area contributed by atoms with Gasteiger partial charge in [0.1, 0.15) is 5.69 Å². The van der Waals surface area contributed by atoms with Crippen LogP contribution in [0.3, 0.4) is 0 Å². The smallest absolute Gasteiger partial charge is 0.235 e. The fourth-order valence-electron chi connectivity index (χ4n) is 5.30. The molecule has 2 fully saturated rings. The number of aromatic nitrogens is 2. The lowest BCUT2D eigenvalue weighted by molar-refractivity contribution is -0.583. The molecular weight excluding hydrogens is 300 g/mol. The summed E-state index contributed by atoms with van der Waals surface area (Å²) in [4.78, 5) is 2.22. The summed E-state index contributed by atoms with van der Waals surface area (Å²) < 4.78 is 11.5. The second-order valence-electron chi connectivity index (χ2n) is 6.99. The molecular formula is C15H20N4O4. The van der Waals surface area contributed by atoms with E-state index in [9.17, 15) is 10.3 Å². The highest BCUT2D eigenvalue weighted by atomic mass is 16.6. The first-order chi connectivity index (χ1) is 11.2. The number of hydrogen-bond acceptors (Lipinski definition) is 7. The summed E-state index contributed by atoms with van der Waals surface area (Å²) in [6.45, 7) is 2.71. The first kappa shape index (κ1) is 13.9. The monoisotopic (exact) mass is 320 g/mol. The SMILES string of the molecule is [O-][N+]1=C2CCc3nonc3[C@]2(O)[C@H]2CCC[C@]21N1CCOCC1. The maximum Gasteiger partial charge on any atom is 0.235 e. The molecule has 2 aliphatic carbocycles. The molecule has 5 rings (SSSR count). The average molecular weight is 320 g/mol. The molecule has 1 saturated heterocycles. The van der Waals surface area contributed by atoms with Crippen molar-refractivity contribution in [3.05, 3.63) is 16.6 Å². The number of nitrogens with zero attached hydrogens (tertiary/aromatic N) is 4. The topological polar surface area (TPSA) is 97.7 Å². The highest BCUT2D eigenvalue weighted by molar-refractivity contribution is 5.92. The molecule has 0 unspecified atom stereocenters. The molecule has 0 spiro atoms. The number of morpholine rings is 1. The van der Waals surface area contributed by atoms with E-state index >= 15 is 0 Å². The third-order valence-electron chi connectivity index (χ3n) is 6.21. The van der Waals surface area contributed by atoms with Crippen molar-refractivity contribution in [1.29, 1.82) is 0 Å². The van der Waals surface area contributed by atoms with Crippen LogP contribution < -0.4 is 0 Å². The number of hydrogen-bond donors (Lipinski definition) is 1. The molecule has 4 aliphatic rings. The Hall–Kier alpha value is -1.51. The number of fused-ring (bicyclic) bond motifs is 5. The Morgan fingerprint density at radius 1 is 1.26 bits per heavy atom. The van der Waals surface area contributed by atoms with Crippen LogP contribution in [0.5, 0.6) is 0 Å². The van der Waals surface area contributed by atoms with Crippen LogP contribution in [0.15, 0.2) is 4.63 Å². The van der Waals surface area contributed by atoms with Crippen LogP contribution in [0.4, 0.5) is 0 Å². The molecule has 124 valence electrons. The van der Waals surface area contributed by atoms with Crippen molar-refractivity contribution in [2.45, 2.75) is 43.4 Å². The molecule has 2 aliphatic heterocycles. The zero-order valence-electron chi connectivity index (χ0n) is 12.9. The second kappa shape index (κ2) is 4.52. The van der Waals surface area contributed by atoms with Crippen molar-refractivity contribution in [3.8, 4) is 0 Å². The summed E-state index contributed by atoms with van der Waals surface area (Å²) >= 11 is 0. The molecule has 8 heteroatoms. The summed E-state index contributed by atoms with van der Waals surface area (Å²) in [5.41, 5.74) is -0.314. The Morgan fingerprint density at radius 2 is 2.09 bits per heavy atom. The van der Waals surface area contributed by atoms with Crippen molar-refractivity contribution in [2.75, 3.05) is 26.3 Å². The summed E-state index contributed by atoms with van der Waals surface area (Å²) in [5.74, 6) is -0.188. The predicted octanol–water partition coefficient (Wildman–Crippen LogP) is -0.00310. The van der Waals surface area contributed by atoms with E-state index in [0.29, 0.717) is 43.2 Å². The van der Waals surface area contributed by atoms with Crippen LogP contribution >= 0.6 is 0 Å². The molecule has 23 heavy (non-hydrogen) atoms. The Bertz CT molecular complexity index is 683. The summed E-state index contributed by atoms with van der Waals surface area (Å²) in [5, 5.41) is 32.8. The largest absolute Gasteiger partial charge is 0.622 e. The molecule has 0 bridgehead atoms.